The van der Waals surface area contributed by atoms with Crippen LogP contribution >= 0.6 is 0 Å². The Labute approximate surface area is 72.5 Å². The summed E-state index contributed by atoms with van der Waals surface area (Å²) in [6, 6.07) is 7.97. The van der Waals surface area contributed by atoms with Crippen molar-refractivity contribution in [2.24, 2.45) is 5.16 Å². The van der Waals surface area contributed by atoms with Crippen LogP contribution in [-0.2, 0) is 0 Å². The number of oxime groups is 1. The normalized spacial score (nSPS) is 11.2. The van der Waals surface area contributed by atoms with Crippen molar-refractivity contribution in [2.45, 2.75) is 19.8 Å². The van der Waals surface area contributed by atoms with Crippen molar-refractivity contribution in [1.29, 1.82) is 0 Å². The third-order valence-corrected chi connectivity index (χ3v) is 1.81. The smallest absolute Gasteiger partial charge is 0.0733 e. The molecule has 2 heteroatoms. The van der Waals surface area contributed by atoms with Gasteiger partial charge in [0.1, 0.15) is 0 Å². The predicted molar refractivity (Wildman–Crippen MR) is 49.9 cm³/mol. The number of benzene rings is 1. The highest BCUT2D eigenvalue weighted by Crippen LogP contribution is 2.13. The van der Waals surface area contributed by atoms with E-state index in [0.717, 1.165) is 5.56 Å². The maximum atomic E-state index is 8.27. The summed E-state index contributed by atoms with van der Waals surface area (Å²) in [5.74, 6) is 0.546. The molecule has 0 aliphatic heterocycles. The number of nitrogens with zero attached hydrogens (tertiary/aromatic N) is 1. The van der Waals surface area contributed by atoms with Crippen molar-refractivity contribution in [1.82, 2.24) is 0 Å². The summed E-state index contributed by atoms with van der Waals surface area (Å²) >= 11 is 0. The number of hydrogen-bond acceptors (Lipinski definition) is 2. The van der Waals surface area contributed by atoms with E-state index in [9.17, 15) is 0 Å². The van der Waals surface area contributed by atoms with Gasteiger partial charge in [-0.05, 0) is 17.0 Å². The SMILES string of the molecule is CC(C)c1ccc(/C=N/O)cc1. The van der Waals surface area contributed by atoms with Crippen molar-refractivity contribution >= 4 is 6.21 Å². The Kier molecular flexibility index (Phi) is 2.86. The number of rotatable bonds is 2. The van der Waals surface area contributed by atoms with Gasteiger partial charge < -0.3 is 5.21 Å². The quantitative estimate of drug-likeness (QED) is 0.405. The molecular formula is C10H13NO. The lowest BCUT2D eigenvalue weighted by Gasteiger charge is -2.03. The van der Waals surface area contributed by atoms with Crippen molar-refractivity contribution in [3.8, 4) is 0 Å². The molecule has 0 aliphatic rings. The van der Waals surface area contributed by atoms with Gasteiger partial charge in [-0.1, -0.05) is 43.3 Å². The Morgan fingerprint density at radius 2 is 1.83 bits per heavy atom. The first-order valence-electron chi connectivity index (χ1n) is 4.01. The molecule has 0 aromatic heterocycles. The second-order valence-electron chi connectivity index (χ2n) is 3.07. The minimum Gasteiger partial charge on any atom is -0.411 e. The fourth-order valence-electron chi connectivity index (χ4n) is 1.03. The fraction of sp³-hybridized carbons (Fsp3) is 0.300. The summed E-state index contributed by atoms with van der Waals surface area (Å²) in [6.45, 7) is 4.30. The Bertz CT molecular complexity index is 262. The van der Waals surface area contributed by atoms with Crippen LogP contribution in [0.3, 0.4) is 0 Å². The highest BCUT2D eigenvalue weighted by atomic mass is 16.4. The average Bonchev–Trinajstić information content (AvgIpc) is 2.06. The molecule has 0 fully saturated rings. The Morgan fingerprint density at radius 1 is 1.25 bits per heavy atom. The van der Waals surface area contributed by atoms with E-state index in [-0.39, 0.29) is 0 Å². The molecular weight excluding hydrogens is 150 g/mol. The lowest BCUT2D eigenvalue weighted by molar-refractivity contribution is 0.322. The highest BCUT2D eigenvalue weighted by molar-refractivity contribution is 5.78. The van der Waals surface area contributed by atoms with Gasteiger partial charge in [0.15, 0.2) is 0 Å². The number of hydrogen-bond donors (Lipinski definition) is 1. The zero-order chi connectivity index (χ0) is 8.97. The molecule has 0 atom stereocenters. The Morgan fingerprint density at radius 3 is 2.25 bits per heavy atom. The fourth-order valence-corrected chi connectivity index (χ4v) is 1.03. The Balaban J connectivity index is 2.85. The van der Waals surface area contributed by atoms with Gasteiger partial charge in [0.05, 0.1) is 6.21 Å². The minimum absolute atomic E-state index is 0.546. The Hall–Kier alpha value is -1.31. The third kappa shape index (κ3) is 2.09. The highest BCUT2D eigenvalue weighted by Gasteiger charge is 1.96. The van der Waals surface area contributed by atoms with E-state index in [0.29, 0.717) is 5.92 Å². The first-order chi connectivity index (χ1) is 5.74. The van der Waals surface area contributed by atoms with Gasteiger partial charge in [-0.15, -0.1) is 0 Å². The molecule has 1 N–H and O–H groups in total. The van der Waals surface area contributed by atoms with Crippen LogP contribution in [0.1, 0.15) is 30.9 Å². The van der Waals surface area contributed by atoms with Crippen molar-refractivity contribution in [3.05, 3.63) is 35.4 Å². The molecule has 1 aromatic carbocycles. The standard InChI is InChI=1S/C10H13NO/c1-8(2)10-5-3-9(4-6-10)7-11-12/h3-8,12H,1-2H3/b11-7+. The first kappa shape index (κ1) is 8.78. The molecule has 12 heavy (non-hydrogen) atoms. The molecule has 1 rings (SSSR count). The van der Waals surface area contributed by atoms with Crippen LogP contribution in [0, 0.1) is 0 Å². The monoisotopic (exact) mass is 163 g/mol. The molecule has 0 bridgehead atoms. The van der Waals surface area contributed by atoms with Crippen LogP contribution in [-0.4, -0.2) is 11.4 Å². The van der Waals surface area contributed by atoms with Gasteiger partial charge in [-0.3, -0.25) is 0 Å². The largest absolute Gasteiger partial charge is 0.411 e. The van der Waals surface area contributed by atoms with E-state index >= 15 is 0 Å². The van der Waals surface area contributed by atoms with Gasteiger partial charge in [-0.2, -0.15) is 0 Å². The van der Waals surface area contributed by atoms with Gasteiger partial charge in [0.2, 0.25) is 0 Å². The van der Waals surface area contributed by atoms with Gasteiger partial charge in [0.25, 0.3) is 0 Å². The summed E-state index contributed by atoms with van der Waals surface area (Å²) in [5.41, 5.74) is 2.21. The van der Waals surface area contributed by atoms with Gasteiger partial charge in [0, 0.05) is 0 Å². The summed E-state index contributed by atoms with van der Waals surface area (Å²) in [6.07, 6.45) is 1.42. The van der Waals surface area contributed by atoms with Crippen molar-refractivity contribution in [2.75, 3.05) is 0 Å². The van der Waals surface area contributed by atoms with E-state index in [4.69, 9.17) is 5.21 Å². The van der Waals surface area contributed by atoms with Crippen molar-refractivity contribution in [3.63, 3.8) is 0 Å². The van der Waals surface area contributed by atoms with Crippen LogP contribution in [0.4, 0.5) is 0 Å². The predicted octanol–water partition coefficient (Wildman–Crippen LogP) is 2.62. The molecule has 0 saturated heterocycles. The minimum atomic E-state index is 0.546. The third-order valence-electron chi connectivity index (χ3n) is 1.81. The van der Waals surface area contributed by atoms with Crippen LogP contribution in [0.25, 0.3) is 0 Å². The zero-order valence-corrected chi connectivity index (χ0v) is 7.36. The second kappa shape index (κ2) is 3.90. The molecule has 0 saturated carbocycles. The molecule has 0 aliphatic carbocycles. The van der Waals surface area contributed by atoms with E-state index in [1.807, 2.05) is 24.3 Å². The molecule has 0 unspecified atom stereocenters. The lowest BCUT2D eigenvalue weighted by Crippen LogP contribution is -1.87. The van der Waals surface area contributed by atoms with Crippen LogP contribution in [0.5, 0.6) is 0 Å². The van der Waals surface area contributed by atoms with E-state index in [2.05, 4.69) is 19.0 Å². The van der Waals surface area contributed by atoms with Crippen LogP contribution in [0.15, 0.2) is 29.4 Å². The molecule has 0 heterocycles. The zero-order valence-electron chi connectivity index (χ0n) is 7.36. The maximum absolute atomic E-state index is 8.27. The van der Waals surface area contributed by atoms with Gasteiger partial charge in [-0.25, -0.2) is 0 Å². The average molecular weight is 163 g/mol. The second-order valence-corrected chi connectivity index (χ2v) is 3.07. The molecule has 0 radical (unpaired) electrons. The molecule has 0 spiro atoms. The van der Waals surface area contributed by atoms with Crippen LogP contribution in [0.2, 0.25) is 0 Å². The molecule has 2 nitrogen and oxygen atoms in total. The van der Waals surface area contributed by atoms with E-state index < -0.39 is 0 Å². The first-order valence-corrected chi connectivity index (χ1v) is 4.01. The lowest BCUT2D eigenvalue weighted by atomic mass is 10.0. The van der Waals surface area contributed by atoms with Gasteiger partial charge >= 0.3 is 0 Å². The summed E-state index contributed by atoms with van der Waals surface area (Å²) in [4.78, 5) is 0. The molecule has 0 amide bonds. The maximum Gasteiger partial charge on any atom is 0.0733 e. The van der Waals surface area contributed by atoms with Crippen LogP contribution < -0.4 is 0 Å². The molecule has 64 valence electrons. The summed E-state index contributed by atoms with van der Waals surface area (Å²) < 4.78 is 0. The van der Waals surface area contributed by atoms with E-state index in [1.54, 1.807) is 0 Å². The molecule has 1 aromatic rings. The summed E-state index contributed by atoms with van der Waals surface area (Å²) in [5, 5.41) is 11.2. The topological polar surface area (TPSA) is 32.6 Å². The summed E-state index contributed by atoms with van der Waals surface area (Å²) in [7, 11) is 0. The van der Waals surface area contributed by atoms with E-state index in [1.165, 1.54) is 11.8 Å². The van der Waals surface area contributed by atoms with Crippen molar-refractivity contribution < 1.29 is 5.21 Å².